The number of benzene rings is 1. The Bertz CT molecular complexity index is 796. The molecule has 3 rings (SSSR count). The molecular weight excluding hydrogens is 381 g/mol. The van der Waals surface area contributed by atoms with E-state index in [1.54, 1.807) is 0 Å². The highest BCUT2D eigenvalue weighted by Gasteiger charge is 2.31. The summed E-state index contributed by atoms with van der Waals surface area (Å²) in [6.45, 7) is 4.95. The van der Waals surface area contributed by atoms with Crippen molar-refractivity contribution in [3.8, 4) is 0 Å². The topological polar surface area (TPSA) is 48.5 Å². The van der Waals surface area contributed by atoms with Crippen LogP contribution >= 0.6 is 0 Å². The number of halogens is 3. The average Bonchev–Trinajstić information content (AvgIpc) is 2.93. The number of hydrogen-bond donors (Lipinski definition) is 1. The van der Waals surface area contributed by atoms with Gasteiger partial charge in [0.25, 0.3) is 0 Å². The molecule has 1 saturated heterocycles. The van der Waals surface area contributed by atoms with E-state index in [0.717, 1.165) is 30.8 Å². The summed E-state index contributed by atoms with van der Waals surface area (Å²) in [5.74, 6) is 0.490. The summed E-state index contributed by atoms with van der Waals surface area (Å²) < 4.78 is 38.1. The maximum absolute atomic E-state index is 12.7. The maximum atomic E-state index is 12.7. The fourth-order valence-corrected chi connectivity index (χ4v) is 3.41. The lowest BCUT2D eigenvalue weighted by molar-refractivity contribution is -0.137. The second-order valence-electron chi connectivity index (χ2n) is 7.22. The fourth-order valence-electron chi connectivity index (χ4n) is 3.41. The van der Waals surface area contributed by atoms with Crippen LogP contribution in [0.2, 0.25) is 0 Å². The number of anilines is 1. The van der Waals surface area contributed by atoms with Gasteiger partial charge >= 0.3 is 6.18 Å². The standard InChI is InChI=1S/C21H25F3N4O/c1-16(17-6-3-2-4-7-17)26-20(29)15-27-10-5-11-28(13-12-27)19-9-8-18(14-25-19)21(22,23)24/h2-4,6-9,14,16H,5,10-13,15H2,1H3,(H,26,29)/t16-/m0/s1. The Balaban J connectivity index is 1.51. The third kappa shape index (κ3) is 5.93. The molecule has 0 unspecified atom stereocenters. The Morgan fingerprint density at radius 1 is 1.10 bits per heavy atom. The number of amides is 1. The molecule has 1 aromatic carbocycles. The molecule has 1 aromatic heterocycles. The zero-order valence-corrected chi connectivity index (χ0v) is 16.3. The monoisotopic (exact) mass is 406 g/mol. The number of carbonyl (C=O) groups is 1. The minimum atomic E-state index is -4.38. The molecule has 0 spiro atoms. The van der Waals surface area contributed by atoms with Crippen LogP contribution in [0, 0.1) is 0 Å². The molecule has 0 bridgehead atoms. The highest BCUT2D eigenvalue weighted by molar-refractivity contribution is 5.78. The molecule has 1 aliphatic heterocycles. The lowest BCUT2D eigenvalue weighted by atomic mass is 10.1. The summed E-state index contributed by atoms with van der Waals surface area (Å²) in [6, 6.07) is 12.2. The van der Waals surface area contributed by atoms with Gasteiger partial charge in [0, 0.05) is 32.4 Å². The predicted molar refractivity (Wildman–Crippen MR) is 106 cm³/mol. The zero-order valence-electron chi connectivity index (χ0n) is 16.3. The van der Waals surface area contributed by atoms with Crippen LogP contribution in [0.1, 0.15) is 30.5 Å². The molecule has 0 radical (unpaired) electrons. The van der Waals surface area contributed by atoms with Crippen molar-refractivity contribution >= 4 is 11.7 Å². The molecule has 5 nitrogen and oxygen atoms in total. The van der Waals surface area contributed by atoms with E-state index in [2.05, 4.69) is 15.2 Å². The van der Waals surface area contributed by atoms with Crippen LogP contribution in [-0.4, -0.2) is 48.5 Å². The summed E-state index contributed by atoms with van der Waals surface area (Å²) in [4.78, 5) is 20.4. The molecule has 156 valence electrons. The van der Waals surface area contributed by atoms with Gasteiger partial charge in [-0.15, -0.1) is 0 Å². The van der Waals surface area contributed by atoms with Crippen LogP contribution in [-0.2, 0) is 11.0 Å². The molecule has 2 aromatic rings. The lowest BCUT2D eigenvalue weighted by Crippen LogP contribution is -2.40. The second kappa shape index (κ2) is 9.26. The quantitative estimate of drug-likeness (QED) is 0.826. The first-order valence-corrected chi connectivity index (χ1v) is 9.68. The van der Waals surface area contributed by atoms with E-state index in [9.17, 15) is 18.0 Å². The van der Waals surface area contributed by atoms with Gasteiger partial charge in [-0.3, -0.25) is 9.69 Å². The predicted octanol–water partition coefficient (Wildman–Crippen LogP) is 3.49. The zero-order chi connectivity index (χ0) is 20.9. The molecule has 1 atom stereocenters. The van der Waals surface area contributed by atoms with E-state index in [4.69, 9.17) is 0 Å². The van der Waals surface area contributed by atoms with E-state index < -0.39 is 11.7 Å². The highest BCUT2D eigenvalue weighted by atomic mass is 19.4. The minimum Gasteiger partial charge on any atom is -0.355 e. The summed E-state index contributed by atoms with van der Waals surface area (Å²) >= 11 is 0. The van der Waals surface area contributed by atoms with Gasteiger partial charge in [-0.25, -0.2) is 4.98 Å². The van der Waals surface area contributed by atoms with Crippen molar-refractivity contribution in [1.29, 1.82) is 0 Å². The average molecular weight is 406 g/mol. The van der Waals surface area contributed by atoms with E-state index >= 15 is 0 Å². The van der Waals surface area contributed by atoms with Gasteiger partial charge in [0.1, 0.15) is 5.82 Å². The Morgan fingerprint density at radius 2 is 1.86 bits per heavy atom. The normalized spacial score (nSPS) is 16.9. The number of alkyl halides is 3. The summed E-state index contributed by atoms with van der Waals surface area (Å²) in [5, 5.41) is 3.01. The largest absolute Gasteiger partial charge is 0.417 e. The van der Waals surface area contributed by atoms with Gasteiger partial charge in [0.2, 0.25) is 5.91 Å². The Labute approximate surface area is 168 Å². The third-order valence-corrected chi connectivity index (χ3v) is 5.03. The van der Waals surface area contributed by atoms with Crippen LogP contribution in [0.15, 0.2) is 48.7 Å². The lowest BCUT2D eigenvalue weighted by Gasteiger charge is -2.23. The van der Waals surface area contributed by atoms with Gasteiger partial charge < -0.3 is 10.2 Å². The smallest absolute Gasteiger partial charge is 0.355 e. The van der Waals surface area contributed by atoms with Gasteiger partial charge in [-0.2, -0.15) is 13.2 Å². The van der Waals surface area contributed by atoms with Crippen LogP contribution in [0.4, 0.5) is 19.0 Å². The number of hydrogen-bond acceptors (Lipinski definition) is 4. The van der Waals surface area contributed by atoms with Crippen LogP contribution < -0.4 is 10.2 Å². The number of aromatic nitrogens is 1. The molecule has 1 N–H and O–H groups in total. The first-order valence-electron chi connectivity index (χ1n) is 9.68. The Kier molecular flexibility index (Phi) is 6.74. The summed E-state index contributed by atoms with van der Waals surface area (Å²) in [6.07, 6.45) is -2.70. The van der Waals surface area contributed by atoms with Crippen molar-refractivity contribution in [2.75, 3.05) is 37.6 Å². The summed E-state index contributed by atoms with van der Waals surface area (Å²) in [5.41, 5.74) is 0.304. The van der Waals surface area contributed by atoms with Gasteiger partial charge in [0.15, 0.2) is 0 Å². The number of nitrogens with one attached hydrogen (secondary N) is 1. The Hall–Kier alpha value is -2.61. The van der Waals surface area contributed by atoms with E-state index in [0.29, 0.717) is 32.0 Å². The van der Waals surface area contributed by atoms with Crippen LogP contribution in [0.3, 0.4) is 0 Å². The van der Waals surface area contributed by atoms with Crippen molar-refractivity contribution in [2.24, 2.45) is 0 Å². The van der Waals surface area contributed by atoms with E-state index in [1.807, 2.05) is 42.2 Å². The molecule has 8 heteroatoms. The molecule has 0 saturated carbocycles. The summed E-state index contributed by atoms with van der Waals surface area (Å²) in [7, 11) is 0. The fraction of sp³-hybridized carbons (Fsp3) is 0.429. The molecule has 0 aliphatic carbocycles. The number of pyridine rings is 1. The molecule has 1 fully saturated rings. The number of rotatable bonds is 5. The first kappa shape index (κ1) is 21.1. The van der Waals surface area contributed by atoms with Crippen molar-refractivity contribution in [3.63, 3.8) is 0 Å². The van der Waals surface area contributed by atoms with Crippen molar-refractivity contribution in [3.05, 3.63) is 59.8 Å². The third-order valence-electron chi connectivity index (χ3n) is 5.03. The molecule has 2 heterocycles. The van der Waals surface area contributed by atoms with Crippen LogP contribution in [0.25, 0.3) is 0 Å². The van der Waals surface area contributed by atoms with Gasteiger partial charge in [-0.05, 0) is 31.0 Å². The number of carbonyl (C=O) groups excluding carboxylic acids is 1. The molecular formula is C21H25F3N4O. The molecule has 29 heavy (non-hydrogen) atoms. The van der Waals surface area contributed by atoms with E-state index in [1.165, 1.54) is 6.07 Å². The van der Waals surface area contributed by atoms with Gasteiger partial charge in [0.05, 0.1) is 18.2 Å². The molecule has 1 amide bonds. The number of nitrogens with zero attached hydrogens (tertiary/aromatic N) is 3. The highest BCUT2D eigenvalue weighted by Crippen LogP contribution is 2.29. The van der Waals surface area contributed by atoms with Crippen LogP contribution in [0.5, 0.6) is 0 Å². The van der Waals surface area contributed by atoms with Crippen molar-refractivity contribution in [1.82, 2.24) is 15.2 Å². The van der Waals surface area contributed by atoms with E-state index in [-0.39, 0.29) is 11.9 Å². The first-order chi connectivity index (χ1) is 13.8. The second-order valence-corrected chi connectivity index (χ2v) is 7.22. The van der Waals surface area contributed by atoms with Crippen molar-refractivity contribution < 1.29 is 18.0 Å². The minimum absolute atomic E-state index is 0.0394. The molecule has 1 aliphatic rings. The Morgan fingerprint density at radius 3 is 2.52 bits per heavy atom. The SMILES string of the molecule is C[C@H](NC(=O)CN1CCCN(c2ccc(C(F)(F)F)cn2)CC1)c1ccccc1. The maximum Gasteiger partial charge on any atom is 0.417 e. The van der Waals surface area contributed by atoms with Gasteiger partial charge in [-0.1, -0.05) is 30.3 Å². The van der Waals surface area contributed by atoms with Crippen molar-refractivity contribution in [2.45, 2.75) is 25.6 Å².